The molecule has 3 aromatic rings. The quantitative estimate of drug-likeness (QED) is 0.489. The summed E-state index contributed by atoms with van der Waals surface area (Å²) in [4.78, 5) is 20.5. The molecule has 1 aromatic heterocycles. The fraction of sp³-hybridized carbons (Fsp3) is 0.304. The predicted molar refractivity (Wildman–Crippen MR) is 116 cm³/mol. The van der Waals surface area contributed by atoms with Gasteiger partial charge in [-0.3, -0.25) is 0 Å². The number of aryl methyl sites for hydroxylation is 1. The first-order chi connectivity index (χ1) is 15.2. The summed E-state index contributed by atoms with van der Waals surface area (Å²) in [5.74, 6) is -4.35. The van der Waals surface area contributed by atoms with E-state index in [4.69, 9.17) is 0 Å². The van der Waals surface area contributed by atoms with Crippen LogP contribution in [0.4, 0.5) is 20.3 Å². The van der Waals surface area contributed by atoms with Gasteiger partial charge in [0.05, 0.1) is 22.6 Å². The van der Waals surface area contributed by atoms with Crippen molar-refractivity contribution in [1.82, 2.24) is 9.97 Å². The van der Waals surface area contributed by atoms with Crippen molar-refractivity contribution in [2.75, 3.05) is 17.2 Å². The van der Waals surface area contributed by atoms with Crippen molar-refractivity contribution in [2.24, 2.45) is 5.92 Å². The van der Waals surface area contributed by atoms with Gasteiger partial charge in [-0.15, -0.1) is 0 Å². The van der Waals surface area contributed by atoms with Crippen molar-refractivity contribution < 1.29 is 18.7 Å². The fourth-order valence-electron chi connectivity index (χ4n) is 3.68. The van der Waals surface area contributed by atoms with E-state index in [1.54, 1.807) is 24.3 Å². The molecule has 1 saturated carbocycles. The van der Waals surface area contributed by atoms with Gasteiger partial charge in [0.1, 0.15) is 6.07 Å². The van der Waals surface area contributed by atoms with Crippen LogP contribution in [-0.4, -0.2) is 33.5 Å². The number of hydrogen-bond acceptors (Lipinski definition) is 6. The summed E-state index contributed by atoms with van der Waals surface area (Å²) in [6.45, 7) is 3.75. The van der Waals surface area contributed by atoms with E-state index in [0.29, 0.717) is 16.7 Å². The number of rotatable bonds is 7. The summed E-state index contributed by atoms with van der Waals surface area (Å²) in [5, 5.41) is 25.0. The third-order valence-corrected chi connectivity index (χ3v) is 5.52. The summed E-state index contributed by atoms with van der Waals surface area (Å²) in [6, 6.07) is 11.9. The lowest BCUT2D eigenvalue weighted by molar-refractivity contribution is 0.0697. The largest absolute Gasteiger partial charge is 0.478 e. The van der Waals surface area contributed by atoms with Crippen LogP contribution in [-0.2, 0) is 0 Å². The molecule has 4 rings (SSSR count). The number of nitriles is 1. The molecule has 0 saturated heterocycles. The third kappa shape index (κ3) is 4.17. The zero-order valence-corrected chi connectivity index (χ0v) is 17.5. The average molecular weight is 437 g/mol. The molecule has 9 heteroatoms. The van der Waals surface area contributed by atoms with Crippen LogP contribution in [0.1, 0.15) is 46.6 Å². The lowest BCUT2D eigenvalue weighted by atomic mass is 10.0. The highest BCUT2D eigenvalue weighted by molar-refractivity contribution is 5.94. The highest BCUT2D eigenvalue weighted by Crippen LogP contribution is 2.48. The molecule has 0 amide bonds. The second kappa shape index (κ2) is 8.04. The summed E-state index contributed by atoms with van der Waals surface area (Å²) >= 11 is 0. The molecular weight excluding hydrogens is 416 g/mol. The molecule has 3 N–H and O–H groups in total. The first-order valence-corrected chi connectivity index (χ1v) is 10.1. The van der Waals surface area contributed by atoms with Gasteiger partial charge in [-0.05, 0) is 37.6 Å². The first-order valence-electron chi connectivity index (χ1n) is 10.1. The lowest BCUT2D eigenvalue weighted by Crippen LogP contribution is -2.14. The number of aromatic nitrogens is 2. The number of nitrogens with zero attached hydrogens (tertiary/aromatic N) is 3. The van der Waals surface area contributed by atoms with Gasteiger partial charge < -0.3 is 15.7 Å². The number of nitrogens with one attached hydrogen (secondary N) is 2. The van der Waals surface area contributed by atoms with Crippen LogP contribution in [0.2, 0.25) is 0 Å². The molecule has 2 atom stereocenters. The van der Waals surface area contributed by atoms with Crippen molar-refractivity contribution in [3.8, 4) is 6.07 Å². The Morgan fingerprint density at radius 2 is 2.06 bits per heavy atom. The molecule has 1 unspecified atom stereocenters. The Morgan fingerprint density at radius 3 is 2.72 bits per heavy atom. The summed E-state index contributed by atoms with van der Waals surface area (Å²) in [7, 11) is 0. The number of carbonyl (C=O) groups is 1. The normalized spacial score (nSPS) is 17.4. The highest BCUT2D eigenvalue weighted by Gasteiger charge is 2.56. The molecule has 1 aliphatic rings. The van der Waals surface area contributed by atoms with Crippen LogP contribution < -0.4 is 10.6 Å². The van der Waals surface area contributed by atoms with E-state index in [2.05, 4.69) is 20.6 Å². The molecule has 0 aliphatic heterocycles. The lowest BCUT2D eigenvalue weighted by Gasteiger charge is -2.20. The van der Waals surface area contributed by atoms with Crippen molar-refractivity contribution in [3.05, 3.63) is 58.8 Å². The van der Waals surface area contributed by atoms with Crippen LogP contribution in [0.15, 0.2) is 36.4 Å². The zero-order chi connectivity index (χ0) is 23.0. The van der Waals surface area contributed by atoms with Crippen LogP contribution in [0.25, 0.3) is 11.0 Å². The smallest absolute Gasteiger partial charge is 0.337 e. The van der Waals surface area contributed by atoms with Crippen molar-refractivity contribution in [2.45, 2.75) is 32.2 Å². The number of aromatic carboxylic acids is 1. The fourth-order valence-corrected chi connectivity index (χ4v) is 3.68. The first kappa shape index (κ1) is 21.4. The Kier molecular flexibility index (Phi) is 5.38. The minimum Gasteiger partial charge on any atom is -0.478 e. The Morgan fingerprint density at radius 1 is 1.34 bits per heavy atom. The topological polar surface area (TPSA) is 111 Å². The van der Waals surface area contributed by atoms with Gasteiger partial charge in [0.2, 0.25) is 0 Å². The van der Waals surface area contributed by atoms with Crippen LogP contribution in [0.5, 0.6) is 0 Å². The Labute approximate surface area is 183 Å². The number of fused-ring (bicyclic) bond motifs is 1. The number of halogens is 2. The van der Waals surface area contributed by atoms with Gasteiger partial charge in [-0.25, -0.2) is 23.5 Å². The summed E-state index contributed by atoms with van der Waals surface area (Å²) in [5.41, 5.74) is 3.28. The third-order valence-electron chi connectivity index (χ3n) is 5.52. The molecule has 0 spiro atoms. The molecule has 0 bridgehead atoms. The standard InChI is InChI=1S/C23H21F2N5O2/c1-12-7-16(13(2)28-17-6-4-3-5-15(17)22(31)32)20-18(8-12)29-19(10-26)21(30-20)27-11-14-9-23(14,24)25/h3-8,13-14,28H,9,11H2,1-2H3,(H,27,30)(H,31,32)/t13-,14?/m1/s1. The van der Waals surface area contributed by atoms with Crippen LogP contribution in [0.3, 0.4) is 0 Å². The Balaban J connectivity index is 1.71. The predicted octanol–water partition coefficient (Wildman–Crippen LogP) is 4.75. The zero-order valence-electron chi connectivity index (χ0n) is 17.5. The maximum absolute atomic E-state index is 13.3. The summed E-state index contributed by atoms with van der Waals surface area (Å²) in [6.07, 6.45) is -0.183. The van der Waals surface area contributed by atoms with Gasteiger partial charge in [-0.2, -0.15) is 5.26 Å². The van der Waals surface area contributed by atoms with E-state index >= 15 is 0 Å². The molecule has 1 aliphatic carbocycles. The molecule has 32 heavy (non-hydrogen) atoms. The minimum atomic E-state index is -2.68. The molecular formula is C23H21F2N5O2. The monoisotopic (exact) mass is 437 g/mol. The van der Waals surface area contributed by atoms with Crippen molar-refractivity contribution >= 4 is 28.5 Å². The van der Waals surface area contributed by atoms with Gasteiger partial charge in [0.25, 0.3) is 5.92 Å². The molecule has 0 radical (unpaired) electrons. The van der Waals surface area contributed by atoms with E-state index < -0.39 is 17.8 Å². The van der Waals surface area contributed by atoms with Crippen molar-refractivity contribution in [1.29, 1.82) is 5.26 Å². The minimum absolute atomic E-state index is 0.00283. The molecule has 7 nitrogen and oxygen atoms in total. The van der Waals surface area contributed by atoms with E-state index in [9.17, 15) is 23.9 Å². The van der Waals surface area contributed by atoms with E-state index in [0.717, 1.165) is 11.1 Å². The number of para-hydroxylation sites is 1. The number of anilines is 2. The van der Waals surface area contributed by atoms with E-state index in [1.165, 1.54) is 6.07 Å². The number of alkyl halides is 2. The summed E-state index contributed by atoms with van der Waals surface area (Å²) < 4.78 is 26.5. The van der Waals surface area contributed by atoms with E-state index in [1.807, 2.05) is 26.0 Å². The van der Waals surface area contributed by atoms with Gasteiger partial charge in [-0.1, -0.05) is 18.2 Å². The molecule has 2 aromatic carbocycles. The number of benzene rings is 2. The molecule has 164 valence electrons. The second-order valence-corrected chi connectivity index (χ2v) is 8.01. The van der Waals surface area contributed by atoms with Crippen molar-refractivity contribution in [3.63, 3.8) is 0 Å². The highest BCUT2D eigenvalue weighted by atomic mass is 19.3. The Bertz CT molecular complexity index is 1260. The molecule has 1 heterocycles. The van der Waals surface area contributed by atoms with Crippen LogP contribution in [0, 0.1) is 24.2 Å². The van der Waals surface area contributed by atoms with Gasteiger partial charge in [0.15, 0.2) is 11.5 Å². The number of hydrogen-bond donors (Lipinski definition) is 3. The maximum atomic E-state index is 13.3. The van der Waals surface area contributed by atoms with Gasteiger partial charge in [0, 0.05) is 30.1 Å². The van der Waals surface area contributed by atoms with Crippen LogP contribution >= 0.6 is 0 Å². The maximum Gasteiger partial charge on any atom is 0.337 e. The number of carboxylic acids is 1. The number of carboxylic acid groups (broad SMARTS) is 1. The SMILES string of the molecule is Cc1cc([C@@H](C)Nc2ccccc2C(=O)O)c2nc(NCC3CC3(F)F)c(C#N)nc2c1. The van der Waals surface area contributed by atoms with E-state index in [-0.39, 0.29) is 36.1 Å². The second-order valence-electron chi connectivity index (χ2n) is 8.01. The van der Waals surface area contributed by atoms with Gasteiger partial charge >= 0.3 is 5.97 Å². The average Bonchev–Trinajstić information content (AvgIpc) is 3.37. The molecule has 1 fully saturated rings. The Hall–Kier alpha value is -3.80.